The number of nitrogens with zero attached hydrogens (tertiary/aromatic N) is 2. The van der Waals surface area contributed by atoms with Crippen LogP contribution in [0.25, 0.3) is 11.3 Å². The summed E-state index contributed by atoms with van der Waals surface area (Å²) in [5.41, 5.74) is 8.40. The molecule has 2 N–H and O–H groups in total. The monoisotopic (exact) mass is 706 g/mol. The van der Waals surface area contributed by atoms with E-state index < -0.39 is 0 Å². The zero-order valence-corrected chi connectivity index (χ0v) is 26.4. The Morgan fingerprint density at radius 2 is 1.84 bits per heavy atom. The maximum atomic E-state index is 13.5. The first-order valence-corrected chi connectivity index (χ1v) is 15.4. The summed E-state index contributed by atoms with van der Waals surface area (Å²) in [4.78, 5) is 17.4. The van der Waals surface area contributed by atoms with E-state index in [1.54, 1.807) is 36.5 Å². The Kier molecular flexibility index (Phi) is 10.0. The standard InChI is InChI=1S/C33H28FIN4O3S/c1-3-41-30-17-23(16-28(35)31(30)42-19-22-5-4-6-26(34)15-22)18-36-39-32(40)25-11-9-24(10-12-25)29-20-43-33(38-29)37-27-13-7-21(2)8-14-27/h4-18,20H,3,19H2,1-2H3,(H,37,38)(H,39,40)/b36-18-. The third-order valence-corrected chi connectivity index (χ3v) is 7.79. The van der Waals surface area contributed by atoms with Crippen molar-refractivity contribution in [1.29, 1.82) is 0 Å². The lowest BCUT2D eigenvalue weighted by Gasteiger charge is -2.14. The fourth-order valence-corrected chi connectivity index (χ4v) is 5.62. The van der Waals surface area contributed by atoms with Crippen LogP contribution in [0.4, 0.5) is 15.2 Å². The molecule has 0 saturated carbocycles. The zero-order valence-electron chi connectivity index (χ0n) is 23.4. The Balaban J connectivity index is 1.20. The van der Waals surface area contributed by atoms with Gasteiger partial charge in [0.15, 0.2) is 16.6 Å². The van der Waals surface area contributed by atoms with Crippen LogP contribution in [0, 0.1) is 16.3 Å². The number of anilines is 2. The first-order chi connectivity index (χ1) is 20.9. The summed E-state index contributed by atoms with van der Waals surface area (Å²) in [6, 6.07) is 25.3. The minimum absolute atomic E-state index is 0.198. The van der Waals surface area contributed by atoms with Crippen LogP contribution < -0.4 is 20.2 Å². The minimum atomic E-state index is -0.336. The summed E-state index contributed by atoms with van der Waals surface area (Å²) in [5.74, 6) is 0.447. The fourth-order valence-electron chi connectivity index (χ4n) is 4.09. The predicted molar refractivity (Wildman–Crippen MR) is 178 cm³/mol. The normalized spacial score (nSPS) is 11.0. The molecule has 1 amide bonds. The quantitative estimate of drug-likeness (QED) is 0.0820. The molecule has 0 aliphatic heterocycles. The van der Waals surface area contributed by atoms with Gasteiger partial charge in [-0.2, -0.15) is 5.10 Å². The molecule has 0 atom stereocenters. The van der Waals surface area contributed by atoms with E-state index in [-0.39, 0.29) is 18.3 Å². The largest absolute Gasteiger partial charge is 0.490 e. The highest BCUT2D eigenvalue weighted by molar-refractivity contribution is 14.1. The number of hydrogen-bond donors (Lipinski definition) is 2. The fraction of sp³-hybridized carbons (Fsp3) is 0.121. The van der Waals surface area contributed by atoms with Gasteiger partial charge < -0.3 is 14.8 Å². The Hall–Kier alpha value is -4.29. The van der Waals surface area contributed by atoms with Crippen LogP contribution in [0.3, 0.4) is 0 Å². The van der Waals surface area contributed by atoms with Crippen molar-refractivity contribution >= 4 is 56.9 Å². The van der Waals surface area contributed by atoms with Gasteiger partial charge in [-0.15, -0.1) is 11.3 Å². The topological polar surface area (TPSA) is 84.8 Å². The number of nitrogens with one attached hydrogen (secondary N) is 2. The second-order valence-corrected chi connectivity index (χ2v) is 11.5. The van der Waals surface area contributed by atoms with Gasteiger partial charge in [-0.3, -0.25) is 4.79 Å². The number of benzene rings is 4. The highest BCUT2D eigenvalue weighted by Crippen LogP contribution is 2.34. The number of halogens is 2. The Bertz CT molecular complexity index is 1740. The first kappa shape index (κ1) is 30.2. The molecular weight excluding hydrogens is 678 g/mol. The Labute approximate surface area is 266 Å². The predicted octanol–water partition coefficient (Wildman–Crippen LogP) is 8.35. The molecule has 4 aromatic carbocycles. The second kappa shape index (κ2) is 14.3. The van der Waals surface area contributed by atoms with E-state index in [1.807, 2.05) is 54.8 Å². The summed E-state index contributed by atoms with van der Waals surface area (Å²) in [7, 11) is 0. The van der Waals surface area contributed by atoms with E-state index in [9.17, 15) is 9.18 Å². The number of aryl methyl sites for hydroxylation is 1. The van der Waals surface area contributed by atoms with Gasteiger partial charge in [0.25, 0.3) is 5.91 Å². The number of carbonyl (C=O) groups excluding carboxylic acids is 1. The van der Waals surface area contributed by atoms with Crippen molar-refractivity contribution in [1.82, 2.24) is 10.4 Å². The SMILES string of the molecule is CCOc1cc(/C=N\NC(=O)c2ccc(-c3csc(Nc4ccc(C)cc4)n3)cc2)cc(I)c1OCc1cccc(F)c1. The Morgan fingerprint density at radius 3 is 2.58 bits per heavy atom. The van der Waals surface area contributed by atoms with Crippen LogP contribution >= 0.6 is 33.9 Å². The lowest BCUT2D eigenvalue weighted by atomic mass is 10.1. The van der Waals surface area contributed by atoms with Crippen LogP contribution in [0.5, 0.6) is 11.5 Å². The van der Waals surface area contributed by atoms with Crippen molar-refractivity contribution in [2.75, 3.05) is 11.9 Å². The molecule has 1 aromatic heterocycles. The average molecular weight is 707 g/mol. The number of thiazole rings is 1. The van der Waals surface area contributed by atoms with Gasteiger partial charge in [0.05, 0.1) is 22.1 Å². The number of rotatable bonds is 11. The number of ether oxygens (including phenoxy) is 2. The molecule has 0 spiro atoms. The van der Waals surface area contributed by atoms with E-state index in [1.165, 1.54) is 29.0 Å². The van der Waals surface area contributed by atoms with E-state index in [0.29, 0.717) is 29.2 Å². The number of hydrazone groups is 1. The molecule has 0 unspecified atom stereocenters. The van der Waals surface area contributed by atoms with Crippen LogP contribution in [0.1, 0.15) is 34.0 Å². The van der Waals surface area contributed by atoms with Gasteiger partial charge >= 0.3 is 0 Å². The van der Waals surface area contributed by atoms with Gasteiger partial charge in [-0.25, -0.2) is 14.8 Å². The molecule has 0 radical (unpaired) electrons. The third kappa shape index (κ3) is 8.17. The average Bonchev–Trinajstić information content (AvgIpc) is 3.47. The molecule has 43 heavy (non-hydrogen) atoms. The van der Waals surface area contributed by atoms with Gasteiger partial charge in [0.2, 0.25) is 0 Å². The Morgan fingerprint density at radius 1 is 1.05 bits per heavy atom. The van der Waals surface area contributed by atoms with Crippen LogP contribution in [-0.2, 0) is 6.61 Å². The number of amides is 1. The molecule has 0 aliphatic rings. The van der Waals surface area contributed by atoms with Crippen LogP contribution in [0.15, 0.2) is 95.4 Å². The third-order valence-electron chi connectivity index (χ3n) is 6.23. The number of aromatic nitrogens is 1. The molecule has 5 rings (SSSR count). The van der Waals surface area contributed by atoms with E-state index >= 15 is 0 Å². The lowest BCUT2D eigenvalue weighted by Crippen LogP contribution is -2.17. The van der Waals surface area contributed by atoms with Crippen LogP contribution in [0.2, 0.25) is 0 Å². The molecule has 7 nitrogen and oxygen atoms in total. The van der Waals surface area contributed by atoms with E-state index in [0.717, 1.165) is 31.2 Å². The lowest BCUT2D eigenvalue weighted by molar-refractivity contribution is 0.0955. The van der Waals surface area contributed by atoms with Crippen LogP contribution in [-0.4, -0.2) is 23.7 Å². The van der Waals surface area contributed by atoms with E-state index in [4.69, 9.17) is 9.47 Å². The molecule has 0 bridgehead atoms. The maximum Gasteiger partial charge on any atom is 0.271 e. The molecule has 0 aliphatic carbocycles. The summed E-state index contributed by atoms with van der Waals surface area (Å²) >= 11 is 3.67. The molecule has 218 valence electrons. The second-order valence-electron chi connectivity index (χ2n) is 9.49. The number of hydrogen-bond acceptors (Lipinski definition) is 7. The van der Waals surface area contributed by atoms with E-state index in [2.05, 4.69) is 50.3 Å². The van der Waals surface area contributed by atoms with Gasteiger partial charge in [0, 0.05) is 22.2 Å². The molecule has 1 heterocycles. The molecule has 0 fully saturated rings. The highest BCUT2D eigenvalue weighted by atomic mass is 127. The first-order valence-electron chi connectivity index (χ1n) is 13.4. The summed E-state index contributed by atoms with van der Waals surface area (Å²) < 4.78 is 26.1. The smallest absolute Gasteiger partial charge is 0.271 e. The highest BCUT2D eigenvalue weighted by Gasteiger charge is 2.13. The molecule has 10 heteroatoms. The molecule has 0 saturated heterocycles. The molecule has 5 aromatic rings. The van der Waals surface area contributed by atoms with Gasteiger partial charge in [-0.05, 0) is 96.1 Å². The van der Waals surface area contributed by atoms with Crippen molar-refractivity contribution in [3.05, 3.63) is 122 Å². The number of carbonyl (C=O) groups is 1. The van der Waals surface area contributed by atoms with Crippen molar-refractivity contribution in [2.45, 2.75) is 20.5 Å². The summed E-state index contributed by atoms with van der Waals surface area (Å²) in [6.45, 7) is 4.57. The van der Waals surface area contributed by atoms with Crippen molar-refractivity contribution in [3.8, 4) is 22.8 Å². The minimum Gasteiger partial charge on any atom is -0.490 e. The zero-order chi connectivity index (χ0) is 30.2. The van der Waals surface area contributed by atoms with Crippen molar-refractivity contribution in [2.24, 2.45) is 5.10 Å². The summed E-state index contributed by atoms with van der Waals surface area (Å²) in [6.07, 6.45) is 1.55. The van der Waals surface area contributed by atoms with Gasteiger partial charge in [-0.1, -0.05) is 42.0 Å². The van der Waals surface area contributed by atoms with Crippen molar-refractivity contribution in [3.63, 3.8) is 0 Å². The maximum absolute atomic E-state index is 13.5. The van der Waals surface area contributed by atoms with Crippen molar-refractivity contribution < 1.29 is 18.7 Å². The molecular formula is C33H28FIN4O3S. The summed E-state index contributed by atoms with van der Waals surface area (Å²) in [5, 5.41) is 10.2. The van der Waals surface area contributed by atoms with Gasteiger partial charge in [0.1, 0.15) is 12.4 Å².